The number of hydrogen-bond donors (Lipinski definition) is 3. The molecule has 1 rings (SSSR count). The normalized spacial score (nSPS) is 10.4. The summed E-state index contributed by atoms with van der Waals surface area (Å²) in [5.41, 5.74) is 5.60. The van der Waals surface area contributed by atoms with E-state index in [0.29, 0.717) is 24.5 Å². The predicted octanol–water partition coefficient (Wildman–Crippen LogP) is 1.06. The smallest absolute Gasteiger partial charge is 0.221 e. The van der Waals surface area contributed by atoms with E-state index in [9.17, 15) is 4.79 Å². The van der Waals surface area contributed by atoms with Crippen LogP contribution in [-0.2, 0) is 4.79 Å². The van der Waals surface area contributed by atoms with Crippen molar-refractivity contribution in [3.8, 4) is 5.75 Å². The zero-order chi connectivity index (χ0) is 12.8. The number of amides is 1. The van der Waals surface area contributed by atoms with Crippen LogP contribution in [0.15, 0.2) is 0 Å². The second-order valence-electron chi connectivity index (χ2n) is 3.83. The molecule has 0 radical (unpaired) electrons. The number of nitrogen functional groups attached to an aromatic ring is 1. The Bertz CT molecular complexity index is 378. The van der Waals surface area contributed by atoms with E-state index in [0.717, 1.165) is 5.00 Å². The Morgan fingerprint density at radius 2 is 2.29 bits per heavy atom. The number of hydrogen-bond acceptors (Lipinski definition) is 6. The first-order chi connectivity index (χ1) is 8.04. The first-order valence-electron chi connectivity index (χ1n) is 5.37. The Kier molecular flexibility index (Phi) is 5.02. The van der Waals surface area contributed by atoms with Crippen LogP contribution < -0.4 is 21.1 Å². The highest BCUT2D eigenvalue weighted by Gasteiger charge is 2.11. The number of anilines is 2. The van der Waals surface area contributed by atoms with Crippen LogP contribution in [0, 0.1) is 0 Å². The number of carbonyl (C=O) groups is 1. The van der Waals surface area contributed by atoms with Crippen LogP contribution in [0.2, 0.25) is 0 Å². The van der Waals surface area contributed by atoms with Crippen molar-refractivity contribution < 1.29 is 9.53 Å². The molecule has 96 valence electrons. The third-order valence-electron chi connectivity index (χ3n) is 1.97. The lowest BCUT2D eigenvalue weighted by atomic mass is 10.3. The Hall–Kier alpha value is -1.50. The van der Waals surface area contributed by atoms with Gasteiger partial charge < -0.3 is 21.1 Å². The average molecular weight is 258 g/mol. The molecule has 0 atom stereocenters. The van der Waals surface area contributed by atoms with Crippen LogP contribution >= 0.6 is 11.5 Å². The molecule has 0 aromatic carbocycles. The number of aromatic nitrogens is 1. The maximum Gasteiger partial charge on any atom is 0.221 e. The molecule has 7 heteroatoms. The summed E-state index contributed by atoms with van der Waals surface area (Å²) in [6.07, 6.45) is 0.402. The summed E-state index contributed by atoms with van der Waals surface area (Å²) >= 11 is 1.22. The van der Waals surface area contributed by atoms with Crippen molar-refractivity contribution >= 4 is 28.3 Å². The van der Waals surface area contributed by atoms with Gasteiger partial charge in [-0.05, 0) is 25.4 Å². The third kappa shape index (κ3) is 4.10. The lowest BCUT2D eigenvalue weighted by Crippen LogP contribution is -2.31. The Morgan fingerprint density at radius 3 is 2.88 bits per heavy atom. The van der Waals surface area contributed by atoms with Crippen LogP contribution in [0.4, 0.5) is 10.8 Å². The lowest BCUT2D eigenvalue weighted by molar-refractivity contribution is -0.121. The van der Waals surface area contributed by atoms with E-state index < -0.39 is 0 Å². The maximum absolute atomic E-state index is 11.4. The van der Waals surface area contributed by atoms with Gasteiger partial charge in [-0.15, -0.1) is 0 Å². The first-order valence-corrected chi connectivity index (χ1v) is 6.14. The van der Waals surface area contributed by atoms with Gasteiger partial charge in [-0.1, -0.05) is 0 Å². The van der Waals surface area contributed by atoms with Gasteiger partial charge in [0.25, 0.3) is 0 Å². The van der Waals surface area contributed by atoms with Gasteiger partial charge in [-0.25, -0.2) is 0 Å². The molecule has 0 aliphatic rings. The lowest BCUT2D eigenvalue weighted by Gasteiger charge is -2.09. The van der Waals surface area contributed by atoms with E-state index in [4.69, 9.17) is 10.5 Å². The molecule has 0 unspecified atom stereocenters. The molecular formula is C10H18N4O2S. The zero-order valence-electron chi connectivity index (χ0n) is 10.2. The number of nitrogens with one attached hydrogen (secondary N) is 2. The van der Waals surface area contributed by atoms with Crippen LogP contribution in [0.5, 0.6) is 5.75 Å². The van der Waals surface area contributed by atoms with Crippen LogP contribution in [0.3, 0.4) is 0 Å². The molecule has 0 aliphatic carbocycles. The monoisotopic (exact) mass is 258 g/mol. The molecule has 1 aromatic heterocycles. The van der Waals surface area contributed by atoms with Crippen molar-refractivity contribution in [1.29, 1.82) is 0 Å². The number of nitrogens with zero attached hydrogens (tertiary/aromatic N) is 1. The van der Waals surface area contributed by atoms with E-state index >= 15 is 0 Å². The minimum Gasteiger partial charge on any atom is -0.490 e. The Morgan fingerprint density at radius 1 is 1.59 bits per heavy atom. The van der Waals surface area contributed by atoms with Gasteiger partial charge in [0.05, 0.1) is 7.11 Å². The standard InChI is InChI=1S/C10H18N4O2S/c1-6(2)13-7(15)4-5-12-10-8(16-3)9(11)14-17-10/h6,12H,4-5H2,1-3H3,(H2,11,14)(H,13,15). The summed E-state index contributed by atoms with van der Waals surface area (Å²) < 4.78 is 9.06. The maximum atomic E-state index is 11.4. The van der Waals surface area contributed by atoms with Gasteiger partial charge in [-0.2, -0.15) is 4.37 Å². The minimum atomic E-state index is 0.0176. The van der Waals surface area contributed by atoms with Gasteiger partial charge in [0.1, 0.15) is 0 Å². The number of methoxy groups -OCH3 is 1. The SMILES string of the molecule is COc1c(N)nsc1NCCC(=O)NC(C)C. The number of carbonyl (C=O) groups excluding carboxylic acids is 1. The molecule has 1 heterocycles. The van der Waals surface area contributed by atoms with Gasteiger partial charge in [0, 0.05) is 19.0 Å². The second kappa shape index (κ2) is 6.29. The van der Waals surface area contributed by atoms with Gasteiger partial charge >= 0.3 is 0 Å². The molecule has 6 nitrogen and oxygen atoms in total. The molecule has 0 fully saturated rings. The van der Waals surface area contributed by atoms with Gasteiger partial charge in [-0.3, -0.25) is 4.79 Å². The summed E-state index contributed by atoms with van der Waals surface area (Å²) in [5.74, 6) is 0.926. The minimum absolute atomic E-state index is 0.0176. The highest BCUT2D eigenvalue weighted by Crippen LogP contribution is 2.34. The summed E-state index contributed by atoms with van der Waals surface area (Å²) in [5, 5.41) is 6.65. The van der Waals surface area contributed by atoms with Gasteiger partial charge in [0.15, 0.2) is 16.6 Å². The van der Waals surface area contributed by atoms with Crippen molar-refractivity contribution in [3.63, 3.8) is 0 Å². The summed E-state index contributed by atoms with van der Waals surface area (Å²) in [7, 11) is 1.54. The van der Waals surface area contributed by atoms with E-state index in [1.807, 2.05) is 13.8 Å². The topological polar surface area (TPSA) is 89.3 Å². The summed E-state index contributed by atoms with van der Waals surface area (Å²) in [4.78, 5) is 11.4. The Balaban J connectivity index is 2.38. The van der Waals surface area contributed by atoms with E-state index in [1.54, 1.807) is 0 Å². The van der Waals surface area contributed by atoms with Crippen molar-refractivity contribution in [2.24, 2.45) is 0 Å². The van der Waals surface area contributed by atoms with E-state index in [1.165, 1.54) is 18.6 Å². The molecule has 0 saturated heterocycles. The fourth-order valence-electron chi connectivity index (χ4n) is 1.29. The summed E-state index contributed by atoms with van der Waals surface area (Å²) in [6.45, 7) is 4.38. The van der Waals surface area contributed by atoms with Crippen molar-refractivity contribution in [1.82, 2.24) is 9.69 Å². The van der Waals surface area contributed by atoms with Crippen LogP contribution in [-0.4, -0.2) is 30.0 Å². The quantitative estimate of drug-likeness (QED) is 0.710. The molecule has 0 saturated carbocycles. The highest BCUT2D eigenvalue weighted by atomic mass is 32.1. The average Bonchev–Trinajstić information content (AvgIpc) is 2.58. The summed E-state index contributed by atoms with van der Waals surface area (Å²) in [6, 6.07) is 0.163. The predicted molar refractivity (Wildman–Crippen MR) is 69.5 cm³/mol. The molecule has 1 amide bonds. The second-order valence-corrected chi connectivity index (χ2v) is 4.60. The fourth-order valence-corrected chi connectivity index (χ4v) is 2.00. The number of ether oxygens (including phenoxy) is 1. The van der Waals surface area contributed by atoms with Crippen LogP contribution in [0.1, 0.15) is 20.3 Å². The molecule has 17 heavy (non-hydrogen) atoms. The number of rotatable bonds is 6. The molecule has 0 spiro atoms. The largest absolute Gasteiger partial charge is 0.490 e. The highest BCUT2D eigenvalue weighted by molar-refractivity contribution is 7.11. The van der Waals surface area contributed by atoms with E-state index in [2.05, 4.69) is 15.0 Å². The third-order valence-corrected chi connectivity index (χ3v) is 2.77. The molecule has 0 bridgehead atoms. The van der Waals surface area contributed by atoms with Crippen molar-refractivity contribution in [3.05, 3.63) is 0 Å². The number of nitrogens with two attached hydrogens (primary N) is 1. The fraction of sp³-hybridized carbons (Fsp3) is 0.600. The van der Waals surface area contributed by atoms with Crippen molar-refractivity contribution in [2.75, 3.05) is 24.7 Å². The molecule has 1 aromatic rings. The van der Waals surface area contributed by atoms with E-state index in [-0.39, 0.29) is 11.9 Å². The van der Waals surface area contributed by atoms with Crippen LogP contribution in [0.25, 0.3) is 0 Å². The van der Waals surface area contributed by atoms with Gasteiger partial charge in [0.2, 0.25) is 5.91 Å². The molecule has 0 aliphatic heterocycles. The van der Waals surface area contributed by atoms with Crippen molar-refractivity contribution in [2.45, 2.75) is 26.3 Å². The first kappa shape index (κ1) is 13.6. The zero-order valence-corrected chi connectivity index (χ0v) is 11.1. The Labute approximate surface area is 105 Å². The molecular weight excluding hydrogens is 240 g/mol. The molecule has 4 N–H and O–H groups in total.